The highest BCUT2D eigenvalue weighted by atomic mass is 32.1. The Kier molecular flexibility index (Phi) is 4.15. The van der Waals surface area contributed by atoms with Crippen LogP contribution in [0.15, 0.2) is 24.5 Å². The van der Waals surface area contributed by atoms with E-state index in [-0.39, 0.29) is 5.92 Å². The van der Waals surface area contributed by atoms with Crippen molar-refractivity contribution in [1.29, 1.82) is 0 Å². The van der Waals surface area contributed by atoms with Crippen LogP contribution in [-0.4, -0.2) is 10.7 Å². The van der Waals surface area contributed by atoms with E-state index in [1.165, 1.54) is 0 Å². The molecule has 1 aromatic heterocycles. The summed E-state index contributed by atoms with van der Waals surface area (Å²) in [6, 6.07) is 3.92. The number of hydrogen-bond donors (Lipinski definition) is 1. The summed E-state index contributed by atoms with van der Waals surface area (Å²) in [6.07, 6.45) is 5.62. The second kappa shape index (κ2) is 5.20. The molecule has 12 heavy (non-hydrogen) atoms. The van der Waals surface area contributed by atoms with Gasteiger partial charge in [-0.05, 0) is 43.1 Å². The third kappa shape index (κ3) is 2.86. The van der Waals surface area contributed by atoms with Crippen LogP contribution >= 0.6 is 12.6 Å². The quantitative estimate of drug-likeness (QED) is 0.701. The van der Waals surface area contributed by atoms with Gasteiger partial charge in [-0.25, -0.2) is 0 Å². The molecule has 0 aliphatic heterocycles. The van der Waals surface area contributed by atoms with Crippen molar-refractivity contribution in [3.05, 3.63) is 37.0 Å². The fraction of sp³-hybridized carbons (Fsp3) is 0.400. The van der Waals surface area contributed by atoms with Gasteiger partial charge in [0.1, 0.15) is 0 Å². The molecule has 0 aromatic carbocycles. The maximum Gasteiger partial charge on any atom is 0.0302 e. The van der Waals surface area contributed by atoms with E-state index >= 15 is 0 Å². The van der Waals surface area contributed by atoms with Crippen molar-refractivity contribution in [2.24, 2.45) is 0 Å². The lowest BCUT2D eigenvalue weighted by molar-refractivity contribution is 0.718. The van der Waals surface area contributed by atoms with E-state index < -0.39 is 0 Å². The molecule has 1 unspecified atom stereocenters. The molecular formula is C10H13NS. The van der Waals surface area contributed by atoms with Gasteiger partial charge in [0.25, 0.3) is 0 Å². The van der Waals surface area contributed by atoms with Crippen LogP contribution in [0, 0.1) is 6.92 Å². The highest BCUT2D eigenvalue weighted by molar-refractivity contribution is 7.80. The molecule has 1 heterocycles. The fourth-order valence-electron chi connectivity index (χ4n) is 1.07. The molecule has 1 nitrogen and oxygen atoms in total. The molecule has 0 fully saturated rings. The number of nitrogens with zero attached hydrogens (tertiary/aromatic N) is 1. The summed E-state index contributed by atoms with van der Waals surface area (Å²) in [6.45, 7) is 5.91. The van der Waals surface area contributed by atoms with E-state index in [1.807, 2.05) is 18.3 Å². The molecule has 0 aliphatic rings. The molecule has 0 N–H and O–H groups in total. The molecule has 2 radical (unpaired) electrons. The summed E-state index contributed by atoms with van der Waals surface area (Å²) >= 11 is 4.14. The Balaban J connectivity index is 2.48. The summed E-state index contributed by atoms with van der Waals surface area (Å²) in [5.74, 6) is 1.01. The highest BCUT2D eigenvalue weighted by Gasteiger charge is 2.03. The first kappa shape index (κ1) is 9.59. The van der Waals surface area contributed by atoms with E-state index in [0.717, 1.165) is 24.2 Å². The van der Waals surface area contributed by atoms with Crippen LogP contribution in [-0.2, 0) is 0 Å². The van der Waals surface area contributed by atoms with Crippen LogP contribution in [0.2, 0.25) is 0 Å². The normalized spacial score (nSPS) is 12.8. The minimum absolute atomic E-state index is 0.117. The summed E-state index contributed by atoms with van der Waals surface area (Å²) < 4.78 is 0. The number of hydrogen-bond acceptors (Lipinski definition) is 2. The van der Waals surface area contributed by atoms with Gasteiger partial charge in [0, 0.05) is 12.4 Å². The van der Waals surface area contributed by atoms with Gasteiger partial charge in [0.2, 0.25) is 0 Å². The Hall–Kier alpha value is -0.500. The molecule has 1 rings (SSSR count). The van der Waals surface area contributed by atoms with E-state index in [0.29, 0.717) is 0 Å². The van der Waals surface area contributed by atoms with Gasteiger partial charge in [-0.2, -0.15) is 12.6 Å². The average Bonchev–Trinajstić information content (AvgIpc) is 2.15. The third-order valence-corrected chi connectivity index (χ3v) is 2.10. The first-order valence-electron chi connectivity index (χ1n) is 4.11. The second-order valence-electron chi connectivity index (χ2n) is 2.76. The first-order chi connectivity index (χ1) is 5.84. The van der Waals surface area contributed by atoms with Gasteiger partial charge in [0.15, 0.2) is 0 Å². The lowest BCUT2D eigenvalue weighted by Crippen LogP contribution is -1.94. The van der Waals surface area contributed by atoms with Crippen LogP contribution < -0.4 is 0 Å². The monoisotopic (exact) mass is 179 g/mol. The predicted molar refractivity (Wildman–Crippen MR) is 54.4 cm³/mol. The molecule has 0 amide bonds. The van der Waals surface area contributed by atoms with Gasteiger partial charge < -0.3 is 0 Å². The largest absolute Gasteiger partial charge is 0.264 e. The molecule has 0 spiro atoms. The summed E-state index contributed by atoms with van der Waals surface area (Å²) in [5, 5.41) is 0. The topological polar surface area (TPSA) is 12.9 Å². The maximum atomic E-state index is 5.91. The Labute approximate surface area is 79.6 Å². The second-order valence-corrected chi connectivity index (χ2v) is 3.21. The lowest BCUT2D eigenvalue weighted by Gasteiger charge is -2.08. The zero-order chi connectivity index (χ0) is 8.81. The number of rotatable bonds is 4. The molecule has 64 valence electrons. The van der Waals surface area contributed by atoms with Crippen molar-refractivity contribution in [2.45, 2.75) is 18.8 Å². The van der Waals surface area contributed by atoms with Crippen LogP contribution in [0.3, 0.4) is 0 Å². The van der Waals surface area contributed by atoms with Crippen molar-refractivity contribution in [3.8, 4) is 0 Å². The zero-order valence-electron chi connectivity index (χ0n) is 6.98. The molecular weight excluding hydrogens is 166 g/mol. The molecule has 0 aliphatic carbocycles. The Morgan fingerprint density at radius 3 is 3.00 bits per heavy atom. The molecule has 0 saturated carbocycles. The maximum absolute atomic E-state index is 5.91. The molecule has 0 saturated heterocycles. The SMILES string of the molecule is [CH]C(CCCS)c1cccnc1. The number of pyridine rings is 1. The number of aromatic nitrogens is 1. The van der Waals surface area contributed by atoms with Gasteiger partial charge in [-0.1, -0.05) is 6.07 Å². The molecule has 0 bridgehead atoms. The van der Waals surface area contributed by atoms with Gasteiger partial charge >= 0.3 is 0 Å². The van der Waals surface area contributed by atoms with Crippen molar-refractivity contribution in [3.63, 3.8) is 0 Å². The number of thiol groups is 1. The summed E-state index contributed by atoms with van der Waals surface area (Å²) in [7, 11) is 0. The van der Waals surface area contributed by atoms with Crippen LogP contribution in [0.1, 0.15) is 24.3 Å². The van der Waals surface area contributed by atoms with Crippen LogP contribution in [0.5, 0.6) is 0 Å². The van der Waals surface area contributed by atoms with E-state index in [9.17, 15) is 0 Å². The van der Waals surface area contributed by atoms with E-state index in [1.54, 1.807) is 6.20 Å². The Morgan fingerprint density at radius 2 is 2.42 bits per heavy atom. The standard InChI is InChI=1S/C10H13NS/c1-9(4-3-7-12)10-5-2-6-11-8-10/h1-2,5-6,8-9,12H,3-4,7H2. The van der Waals surface area contributed by atoms with E-state index in [2.05, 4.69) is 17.6 Å². The van der Waals surface area contributed by atoms with E-state index in [4.69, 9.17) is 6.92 Å². The van der Waals surface area contributed by atoms with Crippen molar-refractivity contribution in [1.82, 2.24) is 4.98 Å². The van der Waals surface area contributed by atoms with Gasteiger partial charge in [-0.15, -0.1) is 0 Å². The minimum Gasteiger partial charge on any atom is -0.264 e. The summed E-state index contributed by atoms with van der Waals surface area (Å²) in [5.41, 5.74) is 1.11. The highest BCUT2D eigenvalue weighted by Crippen LogP contribution is 2.18. The molecule has 1 aromatic rings. The smallest absolute Gasteiger partial charge is 0.0302 e. The minimum atomic E-state index is 0.117. The Morgan fingerprint density at radius 1 is 1.58 bits per heavy atom. The molecule has 1 atom stereocenters. The zero-order valence-corrected chi connectivity index (χ0v) is 7.87. The predicted octanol–water partition coefficient (Wildman–Crippen LogP) is 2.59. The van der Waals surface area contributed by atoms with Gasteiger partial charge in [0.05, 0.1) is 0 Å². The Bertz CT molecular complexity index is 210. The molecule has 2 heteroatoms. The van der Waals surface area contributed by atoms with Crippen molar-refractivity contribution < 1.29 is 0 Å². The van der Waals surface area contributed by atoms with Crippen molar-refractivity contribution in [2.75, 3.05) is 5.75 Å². The van der Waals surface area contributed by atoms with Gasteiger partial charge in [-0.3, -0.25) is 4.98 Å². The summed E-state index contributed by atoms with van der Waals surface area (Å²) in [4.78, 5) is 4.01. The fourth-order valence-corrected chi connectivity index (χ4v) is 1.26. The van der Waals surface area contributed by atoms with Crippen LogP contribution in [0.4, 0.5) is 0 Å². The first-order valence-corrected chi connectivity index (χ1v) is 4.74. The average molecular weight is 179 g/mol. The van der Waals surface area contributed by atoms with Crippen LogP contribution in [0.25, 0.3) is 0 Å². The van der Waals surface area contributed by atoms with Crippen molar-refractivity contribution >= 4 is 12.6 Å². The lowest BCUT2D eigenvalue weighted by atomic mass is 9.98. The third-order valence-electron chi connectivity index (χ3n) is 1.79.